The zero-order chi connectivity index (χ0) is 29.3. The number of benzene rings is 3. The largest absolute Gasteiger partial charge is 0.512 e. The van der Waals surface area contributed by atoms with Crippen molar-refractivity contribution in [1.29, 1.82) is 0 Å². The molecule has 0 saturated carbocycles. The molecule has 0 unspecified atom stereocenters. The lowest BCUT2D eigenvalue weighted by Gasteiger charge is -2.27. The molecule has 3 aromatic rings. The van der Waals surface area contributed by atoms with Crippen molar-refractivity contribution in [1.82, 2.24) is 0 Å². The first-order chi connectivity index (χ1) is 18.2. The first-order valence-corrected chi connectivity index (χ1v) is 16.1. The predicted molar refractivity (Wildman–Crippen MR) is 169 cm³/mol. The maximum atomic E-state index is 15.5. The normalized spacial score (nSPS) is 12.4. The van der Waals surface area contributed by atoms with Gasteiger partial charge in [0.05, 0.1) is 0 Å². The van der Waals surface area contributed by atoms with Crippen LogP contribution in [0.2, 0.25) is 0 Å². The van der Waals surface area contributed by atoms with Crippen LogP contribution >= 0.6 is 0 Å². The fraction of sp³-hybridized carbons (Fsp3) is 0.500. The Labute approximate surface area is 239 Å². The molecule has 0 atom stereocenters. The van der Waals surface area contributed by atoms with Gasteiger partial charge in [0.1, 0.15) is 0 Å². The second-order valence-corrected chi connectivity index (χ2v) is 14.1. The molecule has 3 heteroatoms. The molecule has 3 aromatic carbocycles. The molecule has 0 aliphatic rings. The molecule has 0 amide bonds. The molecule has 39 heavy (non-hydrogen) atoms. The highest BCUT2D eigenvalue weighted by Gasteiger charge is 2.31. The Balaban J connectivity index is 2.54. The van der Waals surface area contributed by atoms with E-state index in [9.17, 15) is 0 Å². The topological polar surface area (TPSA) is 0 Å². The summed E-state index contributed by atoms with van der Waals surface area (Å²) in [6, 6.07) is 15.0. The summed E-state index contributed by atoms with van der Waals surface area (Å²) in [6.45, 7) is 26.3. The molecular weight excluding hydrogens is 498 g/mol. The molecule has 0 bridgehead atoms. The fourth-order valence-electron chi connectivity index (χ4n) is 5.71. The highest BCUT2D eigenvalue weighted by atomic mass is 28.4. The maximum absolute atomic E-state index is 15.5. The van der Waals surface area contributed by atoms with E-state index in [-0.39, 0.29) is 28.9 Å². The van der Waals surface area contributed by atoms with Gasteiger partial charge in [-0.25, -0.2) is 0 Å². The summed E-state index contributed by atoms with van der Waals surface area (Å²) >= 11 is 0. The average Bonchev–Trinajstić information content (AvgIpc) is 2.86. The molecule has 211 valence electrons. The molecule has 0 aliphatic carbocycles. The van der Waals surface area contributed by atoms with Gasteiger partial charge in [0.2, 0.25) is 0 Å². The SMILES string of the molecule is CC(C)c1cc(C(C)C)c(-c2cccc(-c3c(C(C)C)cc(C(C)C)cc3C(C)C)c2[Si](F)F)c(C(C)C)c1. The molecule has 1 radical (unpaired) electrons. The first-order valence-electron chi connectivity index (χ1n) is 14.8. The molecule has 0 saturated heterocycles. The van der Waals surface area contributed by atoms with Crippen LogP contribution in [-0.4, -0.2) is 9.46 Å². The molecule has 0 aromatic heterocycles. The van der Waals surface area contributed by atoms with Gasteiger partial charge < -0.3 is 0 Å². The maximum Gasteiger partial charge on any atom is 0.512 e. The Kier molecular flexibility index (Phi) is 10.0. The van der Waals surface area contributed by atoms with Gasteiger partial charge in [-0.05, 0) is 91.1 Å². The molecule has 0 heterocycles. The number of hydrogen-bond acceptors (Lipinski definition) is 0. The predicted octanol–water partition coefficient (Wildman–Crippen LogP) is 11.4. The van der Waals surface area contributed by atoms with Crippen molar-refractivity contribution in [2.75, 3.05) is 0 Å². The Morgan fingerprint density at radius 1 is 0.462 bits per heavy atom. The summed E-state index contributed by atoms with van der Waals surface area (Å²) in [5, 5.41) is 0.268. The van der Waals surface area contributed by atoms with Gasteiger partial charge in [-0.15, -0.1) is 0 Å². The third-order valence-corrected chi connectivity index (χ3v) is 8.97. The van der Waals surface area contributed by atoms with Crippen LogP contribution in [0.3, 0.4) is 0 Å². The number of halogens is 2. The molecular formula is C36H49F2Si. The Hall–Kier alpha value is -2.26. The van der Waals surface area contributed by atoms with Crippen LogP contribution < -0.4 is 5.19 Å². The lowest BCUT2D eigenvalue weighted by atomic mass is 9.79. The first kappa shape index (κ1) is 31.3. The molecule has 0 N–H and O–H groups in total. The molecule has 0 nitrogen and oxygen atoms in total. The minimum atomic E-state index is -3.79. The molecule has 0 aliphatic heterocycles. The van der Waals surface area contributed by atoms with Gasteiger partial charge in [0.25, 0.3) is 0 Å². The van der Waals surface area contributed by atoms with Gasteiger partial charge in [-0.1, -0.05) is 126 Å². The van der Waals surface area contributed by atoms with E-state index in [4.69, 9.17) is 0 Å². The minimum absolute atomic E-state index is 0.227. The van der Waals surface area contributed by atoms with E-state index in [2.05, 4.69) is 107 Å². The fourth-order valence-corrected chi connectivity index (χ4v) is 6.53. The van der Waals surface area contributed by atoms with Crippen molar-refractivity contribution in [2.45, 2.75) is 119 Å². The zero-order valence-electron chi connectivity index (χ0n) is 26.3. The number of rotatable bonds is 9. The summed E-state index contributed by atoms with van der Waals surface area (Å²) in [4.78, 5) is 0. The number of hydrogen-bond donors (Lipinski definition) is 0. The van der Waals surface area contributed by atoms with Crippen molar-refractivity contribution in [3.8, 4) is 22.3 Å². The van der Waals surface area contributed by atoms with E-state index in [1.54, 1.807) is 0 Å². The molecule has 0 spiro atoms. The van der Waals surface area contributed by atoms with E-state index in [1.165, 1.54) is 33.4 Å². The monoisotopic (exact) mass is 547 g/mol. The summed E-state index contributed by atoms with van der Waals surface area (Å²) in [5.41, 5.74) is 10.8. The van der Waals surface area contributed by atoms with Gasteiger partial charge in [-0.2, -0.15) is 0 Å². The average molecular weight is 548 g/mol. The van der Waals surface area contributed by atoms with Crippen LogP contribution in [0.15, 0.2) is 42.5 Å². The summed E-state index contributed by atoms with van der Waals surface area (Å²) in [6.07, 6.45) is 0. The highest BCUT2D eigenvalue weighted by Crippen LogP contribution is 2.42. The zero-order valence-corrected chi connectivity index (χ0v) is 27.3. The van der Waals surface area contributed by atoms with Crippen molar-refractivity contribution in [2.24, 2.45) is 0 Å². The summed E-state index contributed by atoms with van der Waals surface area (Å²) in [5.74, 6) is 1.67. The smallest absolute Gasteiger partial charge is 0.262 e. The minimum Gasteiger partial charge on any atom is -0.262 e. The van der Waals surface area contributed by atoms with Crippen LogP contribution in [0.1, 0.15) is 152 Å². The van der Waals surface area contributed by atoms with Crippen LogP contribution in [0.4, 0.5) is 8.22 Å². The lowest BCUT2D eigenvalue weighted by molar-refractivity contribution is 0.685. The third-order valence-electron chi connectivity index (χ3n) is 8.06. The van der Waals surface area contributed by atoms with Crippen molar-refractivity contribution >= 4 is 14.7 Å². The van der Waals surface area contributed by atoms with E-state index >= 15 is 8.22 Å². The van der Waals surface area contributed by atoms with Gasteiger partial charge in [0, 0.05) is 5.19 Å². The third kappa shape index (κ3) is 6.40. The second kappa shape index (κ2) is 12.5. The Morgan fingerprint density at radius 3 is 0.949 bits per heavy atom. The van der Waals surface area contributed by atoms with Crippen LogP contribution in [-0.2, 0) is 0 Å². The van der Waals surface area contributed by atoms with Crippen molar-refractivity contribution in [3.63, 3.8) is 0 Å². The van der Waals surface area contributed by atoms with Crippen LogP contribution in [0.25, 0.3) is 22.3 Å². The Bertz CT molecular complexity index is 1140. The van der Waals surface area contributed by atoms with E-state index in [0.717, 1.165) is 22.3 Å². The highest BCUT2D eigenvalue weighted by molar-refractivity contribution is 6.63. The second-order valence-electron chi connectivity index (χ2n) is 13.1. The summed E-state index contributed by atoms with van der Waals surface area (Å²) < 4.78 is 31.0. The summed E-state index contributed by atoms with van der Waals surface area (Å²) in [7, 11) is -3.79. The standard InChI is InChI=1S/C36H49F2Si/c1-20(2)26-16-30(22(5)6)34(31(17-26)23(7)8)28-14-13-15-29(36(28)39(37)38)35-32(24(9)10)18-27(21(3)4)19-33(35)25(11)12/h13-25H,1-12H3. The Morgan fingerprint density at radius 2 is 0.744 bits per heavy atom. The molecule has 0 fully saturated rings. The van der Waals surface area contributed by atoms with E-state index < -0.39 is 9.46 Å². The quantitative estimate of drug-likeness (QED) is 0.185. The van der Waals surface area contributed by atoms with Gasteiger partial charge in [-0.3, -0.25) is 8.22 Å². The lowest BCUT2D eigenvalue weighted by Crippen LogP contribution is -2.27. The van der Waals surface area contributed by atoms with E-state index in [0.29, 0.717) is 11.8 Å². The van der Waals surface area contributed by atoms with Crippen molar-refractivity contribution in [3.05, 3.63) is 75.8 Å². The van der Waals surface area contributed by atoms with E-state index in [1.807, 2.05) is 18.2 Å². The van der Waals surface area contributed by atoms with Crippen LogP contribution in [0, 0.1) is 0 Å². The van der Waals surface area contributed by atoms with Crippen LogP contribution in [0.5, 0.6) is 0 Å². The molecule has 3 rings (SSSR count). The van der Waals surface area contributed by atoms with Gasteiger partial charge in [0.15, 0.2) is 0 Å². The van der Waals surface area contributed by atoms with Crippen molar-refractivity contribution < 1.29 is 8.22 Å². The van der Waals surface area contributed by atoms with Gasteiger partial charge >= 0.3 is 9.46 Å².